The zero-order chi connectivity index (χ0) is 45.6. The number of benzene rings is 6. The van der Waals surface area contributed by atoms with Gasteiger partial charge in [0.2, 0.25) is 0 Å². The summed E-state index contributed by atoms with van der Waals surface area (Å²) in [6, 6.07) is 37.5. The SMILES string of the molecule is CC1(C)CC(=O)C2(CNc3ccc4ccccc4c3C2)C(=O)C1.CC1(C)CC(=O)C2(CNc3ccc4ccccc4c3C2)C(=O)C1.O=C(O)c1ccc(-c2ccc(C(=O)O)cc2)cc1. The molecule has 0 saturated heterocycles. The molecule has 2 aliphatic carbocycles. The monoisotopic (exact) mass is 856 g/mol. The Kier molecular flexibility index (Phi) is 11.4. The molecule has 6 aromatic rings. The first-order chi connectivity index (χ1) is 30.4. The van der Waals surface area contributed by atoms with Crippen LogP contribution in [0.25, 0.3) is 32.7 Å². The minimum absolute atomic E-state index is 0.102. The van der Waals surface area contributed by atoms with Crippen LogP contribution in [0.1, 0.15) is 85.2 Å². The predicted octanol–water partition coefficient (Wildman–Crippen LogP) is 10.3. The molecule has 0 atom stereocenters. The number of carbonyl (C=O) groups is 6. The molecule has 2 fully saturated rings. The van der Waals surface area contributed by atoms with Gasteiger partial charge in [0.1, 0.15) is 34.0 Å². The molecular weight excluding hydrogens is 805 g/mol. The van der Waals surface area contributed by atoms with Gasteiger partial charge in [0.05, 0.1) is 11.1 Å². The molecule has 2 aliphatic heterocycles. The van der Waals surface area contributed by atoms with Crippen LogP contribution in [0.2, 0.25) is 0 Å². The fourth-order valence-corrected chi connectivity index (χ4v) is 9.86. The highest BCUT2D eigenvalue weighted by Gasteiger charge is 2.54. The third-order valence-electron chi connectivity index (χ3n) is 13.5. The first-order valence-corrected chi connectivity index (χ1v) is 21.7. The molecule has 10 rings (SSSR count). The van der Waals surface area contributed by atoms with Crippen molar-refractivity contribution >= 4 is 68.0 Å². The van der Waals surface area contributed by atoms with Gasteiger partial charge in [-0.05, 0) is 104 Å². The van der Waals surface area contributed by atoms with E-state index in [1.165, 1.54) is 24.3 Å². The Morgan fingerprint density at radius 3 is 1.09 bits per heavy atom. The largest absolute Gasteiger partial charge is 0.478 e. The summed E-state index contributed by atoms with van der Waals surface area (Å²) in [7, 11) is 0. The minimum Gasteiger partial charge on any atom is -0.478 e. The fourth-order valence-electron chi connectivity index (χ4n) is 9.86. The lowest BCUT2D eigenvalue weighted by Crippen LogP contribution is -2.54. The second-order valence-corrected chi connectivity index (χ2v) is 19.3. The van der Waals surface area contributed by atoms with Crippen molar-refractivity contribution in [1.82, 2.24) is 0 Å². The van der Waals surface area contributed by atoms with Crippen LogP contribution in [0.4, 0.5) is 11.4 Å². The van der Waals surface area contributed by atoms with E-state index in [0.29, 0.717) is 51.6 Å². The molecule has 64 heavy (non-hydrogen) atoms. The summed E-state index contributed by atoms with van der Waals surface area (Å²) in [5.74, 6) is -1.53. The Morgan fingerprint density at radius 1 is 0.438 bits per heavy atom. The Morgan fingerprint density at radius 2 is 0.766 bits per heavy atom. The summed E-state index contributed by atoms with van der Waals surface area (Å²) in [5.41, 5.74) is 4.30. The van der Waals surface area contributed by atoms with Crippen molar-refractivity contribution < 1.29 is 39.0 Å². The summed E-state index contributed by atoms with van der Waals surface area (Å²) in [4.78, 5) is 72.9. The van der Waals surface area contributed by atoms with Crippen molar-refractivity contribution in [3.8, 4) is 11.1 Å². The number of aromatic carboxylic acids is 2. The van der Waals surface area contributed by atoms with Crippen molar-refractivity contribution in [2.75, 3.05) is 23.7 Å². The lowest BCUT2D eigenvalue weighted by atomic mass is 9.60. The summed E-state index contributed by atoms with van der Waals surface area (Å²) < 4.78 is 0. The van der Waals surface area contributed by atoms with Gasteiger partial charge in [-0.1, -0.05) is 113 Å². The number of anilines is 2. The molecule has 10 nitrogen and oxygen atoms in total. The van der Waals surface area contributed by atoms with Crippen molar-refractivity contribution in [3.63, 3.8) is 0 Å². The number of Topliss-reactive ketones (excluding diaryl/α,β-unsaturated/α-hetero) is 4. The number of nitrogens with one attached hydrogen (secondary N) is 2. The molecule has 4 aliphatic rings. The highest BCUT2D eigenvalue weighted by atomic mass is 16.4. The second kappa shape index (κ2) is 16.6. The normalized spacial score (nSPS) is 18.6. The number of fused-ring (bicyclic) bond motifs is 6. The topological polar surface area (TPSA) is 167 Å². The Balaban J connectivity index is 0.000000133. The van der Waals surface area contributed by atoms with E-state index in [-0.39, 0.29) is 45.1 Å². The van der Waals surface area contributed by atoms with Gasteiger partial charge in [-0.3, -0.25) is 19.2 Å². The Hall–Kier alpha value is -6.94. The van der Waals surface area contributed by atoms with Crippen molar-refractivity contribution in [1.29, 1.82) is 0 Å². The van der Waals surface area contributed by atoms with Crippen molar-refractivity contribution in [3.05, 3.63) is 144 Å². The van der Waals surface area contributed by atoms with E-state index in [1.54, 1.807) is 24.3 Å². The predicted molar refractivity (Wildman–Crippen MR) is 249 cm³/mol. The maximum atomic E-state index is 12.9. The molecule has 4 N–H and O–H groups in total. The van der Waals surface area contributed by atoms with Gasteiger partial charge in [-0.25, -0.2) is 9.59 Å². The van der Waals surface area contributed by atoms with E-state index >= 15 is 0 Å². The maximum absolute atomic E-state index is 12.9. The average Bonchev–Trinajstić information content (AvgIpc) is 3.27. The van der Waals surface area contributed by atoms with E-state index in [0.717, 1.165) is 55.2 Å². The van der Waals surface area contributed by atoms with Crippen molar-refractivity contribution in [2.45, 2.75) is 66.2 Å². The number of hydrogen-bond acceptors (Lipinski definition) is 8. The van der Waals surface area contributed by atoms with Gasteiger partial charge in [0.25, 0.3) is 0 Å². The molecule has 6 aromatic carbocycles. The zero-order valence-corrected chi connectivity index (χ0v) is 36.5. The van der Waals surface area contributed by atoms with E-state index in [4.69, 9.17) is 10.2 Å². The first kappa shape index (κ1) is 43.7. The molecule has 10 heteroatoms. The van der Waals surface area contributed by atoms with E-state index in [1.807, 2.05) is 52.0 Å². The van der Waals surface area contributed by atoms with Crippen LogP contribution in [0.5, 0.6) is 0 Å². The Bertz CT molecular complexity index is 2640. The van der Waals surface area contributed by atoms with Gasteiger partial charge in [0, 0.05) is 50.1 Å². The molecule has 0 radical (unpaired) electrons. The highest BCUT2D eigenvalue weighted by molar-refractivity contribution is 6.12. The number of carboxylic acid groups (broad SMARTS) is 2. The molecular formula is C54H52N2O8. The number of hydrogen-bond donors (Lipinski definition) is 4. The minimum atomic E-state index is -0.970. The number of carboxylic acids is 2. The van der Waals surface area contributed by atoms with Gasteiger partial charge in [0.15, 0.2) is 0 Å². The molecule has 326 valence electrons. The molecule has 0 unspecified atom stereocenters. The molecule has 2 spiro atoms. The van der Waals surface area contributed by atoms with Crippen LogP contribution in [-0.2, 0) is 32.0 Å². The average molecular weight is 857 g/mol. The summed E-state index contributed by atoms with van der Waals surface area (Å²) in [6.07, 6.45) is 3.01. The van der Waals surface area contributed by atoms with Gasteiger partial charge in [-0.15, -0.1) is 0 Å². The number of carbonyl (C=O) groups excluding carboxylic acids is 4. The van der Waals surface area contributed by atoms with Crippen LogP contribution in [0, 0.1) is 21.7 Å². The van der Waals surface area contributed by atoms with E-state index in [9.17, 15) is 28.8 Å². The van der Waals surface area contributed by atoms with Crippen molar-refractivity contribution in [2.24, 2.45) is 21.7 Å². The van der Waals surface area contributed by atoms with Gasteiger partial charge in [-0.2, -0.15) is 0 Å². The van der Waals surface area contributed by atoms with E-state index < -0.39 is 22.8 Å². The van der Waals surface area contributed by atoms with Gasteiger partial charge < -0.3 is 20.8 Å². The lowest BCUT2D eigenvalue weighted by molar-refractivity contribution is -0.149. The lowest BCUT2D eigenvalue weighted by Gasteiger charge is -2.43. The zero-order valence-electron chi connectivity index (χ0n) is 36.5. The van der Waals surface area contributed by atoms with Gasteiger partial charge >= 0.3 is 11.9 Å². The first-order valence-electron chi connectivity index (χ1n) is 21.7. The third-order valence-corrected chi connectivity index (χ3v) is 13.5. The molecule has 0 amide bonds. The highest BCUT2D eigenvalue weighted by Crippen LogP contribution is 2.48. The number of ketones is 4. The summed E-state index contributed by atoms with van der Waals surface area (Å²) >= 11 is 0. The summed E-state index contributed by atoms with van der Waals surface area (Å²) in [6.45, 7) is 8.91. The maximum Gasteiger partial charge on any atom is 0.335 e. The molecule has 0 aromatic heterocycles. The van der Waals surface area contributed by atoms with E-state index in [2.05, 4.69) is 59.2 Å². The van der Waals surface area contributed by atoms with Crippen LogP contribution in [-0.4, -0.2) is 58.4 Å². The number of rotatable bonds is 3. The molecule has 2 heterocycles. The van der Waals surface area contributed by atoms with Crippen LogP contribution in [0.3, 0.4) is 0 Å². The fraction of sp³-hybridized carbons (Fsp3) is 0.296. The third kappa shape index (κ3) is 8.32. The molecule has 2 saturated carbocycles. The molecule has 0 bridgehead atoms. The summed E-state index contributed by atoms with van der Waals surface area (Å²) in [5, 5.41) is 28.9. The van der Waals surface area contributed by atoms with Crippen LogP contribution < -0.4 is 10.6 Å². The standard InChI is InChI=1S/2C20H21NO2.C14H10O4/c2*1-19(2)10-17(22)20(18(23)11-19)9-15-14-6-4-3-5-13(14)7-8-16(15)21-12-20;15-13(16)11-5-1-9(2-6-11)10-3-7-12(8-4-10)14(17)18/h2*3-8,21H,9-12H2,1-2H3;1-8H,(H,15,16)(H,17,18). The quantitative estimate of drug-likeness (QED) is 0.126. The van der Waals surface area contributed by atoms with Crippen LogP contribution >= 0.6 is 0 Å². The smallest absolute Gasteiger partial charge is 0.335 e. The second-order valence-electron chi connectivity index (χ2n) is 19.3. The Labute approximate surface area is 372 Å². The van der Waals surface area contributed by atoms with Crippen LogP contribution in [0.15, 0.2) is 121 Å².